The number of nitrogens with zero attached hydrogens (tertiary/aromatic N) is 3. The van der Waals surface area contributed by atoms with E-state index in [1.807, 2.05) is 41.8 Å². The first-order valence-electron chi connectivity index (χ1n) is 8.54. The highest BCUT2D eigenvalue weighted by molar-refractivity contribution is 7.99. The van der Waals surface area contributed by atoms with Crippen LogP contribution in [0, 0.1) is 0 Å². The van der Waals surface area contributed by atoms with Crippen molar-refractivity contribution < 1.29 is 14.3 Å². The standard InChI is InChI=1S/C19H21N3O3S/c1-3-22-17(20-21-19(22)26-13-18(23)24-4-2)12-25-16-11-7-9-14-8-5-6-10-15(14)16/h5-11H,3-4,12-13H2,1-2H3. The van der Waals surface area contributed by atoms with Crippen LogP contribution in [0.4, 0.5) is 0 Å². The largest absolute Gasteiger partial charge is 0.485 e. The highest BCUT2D eigenvalue weighted by atomic mass is 32.2. The number of hydrogen-bond acceptors (Lipinski definition) is 6. The van der Waals surface area contributed by atoms with Crippen LogP contribution in [-0.2, 0) is 22.7 Å². The molecule has 0 amide bonds. The summed E-state index contributed by atoms with van der Waals surface area (Å²) in [5.41, 5.74) is 0. The average molecular weight is 371 g/mol. The Labute approximate surface area is 156 Å². The van der Waals surface area contributed by atoms with Crippen LogP contribution < -0.4 is 4.74 Å². The third kappa shape index (κ3) is 4.16. The van der Waals surface area contributed by atoms with E-state index in [-0.39, 0.29) is 11.7 Å². The fraction of sp³-hybridized carbons (Fsp3) is 0.316. The summed E-state index contributed by atoms with van der Waals surface area (Å²) in [6.45, 7) is 5.20. The predicted molar refractivity (Wildman–Crippen MR) is 101 cm³/mol. The molecular formula is C19H21N3O3S. The third-order valence-corrected chi connectivity index (χ3v) is 4.78. The average Bonchev–Trinajstić information content (AvgIpc) is 3.06. The van der Waals surface area contributed by atoms with E-state index in [9.17, 15) is 4.79 Å². The van der Waals surface area contributed by atoms with Gasteiger partial charge in [-0.25, -0.2) is 0 Å². The van der Waals surface area contributed by atoms with Gasteiger partial charge in [-0.15, -0.1) is 10.2 Å². The van der Waals surface area contributed by atoms with Crippen LogP contribution in [-0.4, -0.2) is 33.1 Å². The maximum atomic E-state index is 11.5. The molecule has 0 atom stereocenters. The van der Waals surface area contributed by atoms with Crippen molar-refractivity contribution in [3.8, 4) is 5.75 Å². The van der Waals surface area contributed by atoms with Crippen molar-refractivity contribution in [3.63, 3.8) is 0 Å². The summed E-state index contributed by atoms with van der Waals surface area (Å²) in [5, 5.41) is 11.3. The number of benzene rings is 2. The van der Waals surface area contributed by atoms with Gasteiger partial charge in [-0.3, -0.25) is 4.79 Å². The molecule has 0 aliphatic rings. The van der Waals surface area contributed by atoms with Crippen molar-refractivity contribution in [2.24, 2.45) is 0 Å². The molecule has 7 heteroatoms. The highest BCUT2D eigenvalue weighted by Crippen LogP contribution is 2.26. The Morgan fingerprint density at radius 3 is 2.73 bits per heavy atom. The van der Waals surface area contributed by atoms with Gasteiger partial charge in [0.25, 0.3) is 0 Å². The fourth-order valence-corrected chi connectivity index (χ4v) is 3.46. The van der Waals surface area contributed by atoms with E-state index in [1.54, 1.807) is 6.92 Å². The lowest BCUT2D eigenvalue weighted by Gasteiger charge is -2.10. The highest BCUT2D eigenvalue weighted by Gasteiger charge is 2.14. The number of carbonyl (C=O) groups is 1. The van der Waals surface area contributed by atoms with Crippen LogP contribution in [0.15, 0.2) is 47.6 Å². The molecule has 0 saturated heterocycles. The number of aromatic nitrogens is 3. The molecule has 26 heavy (non-hydrogen) atoms. The second-order valence-electron chi connectivity index (χ2n) is 5.50. The number of hydrogen-bond donors (Lipinski definition) is 0. The minimum absolute atomic E-state index is 0.218. The summed E-state index contributed by atoms with van der Waals surface area (Å²) in [5.74, 6) is 1.51. The molecule has 0 spiro atoms. The number of ether oxygens (including phenoxy) is 2. The number of carbonyl (C=O) groups excluding carboxylic acids is 1. The topological polar surface area (TPSA) is 66.2 Å². The minimum atomic E-state index is -0.253. The van der Waals surface area contributed by atoms with Gasteiger partial charge >= 0.3 is 5.97 Å². The second kappa shape index (κ2) is 8.71. The summed E-state index contributed by atoms with van der Waals surface area (Å²) < 4.78 is 12.9. The molecule has 1 heterocycles. The predicted octanol–water partition coefficient (Wildman–Crippen LogP) is 3.69. The Morgan fingerprint density at radius 1 is 1.12 bits per heavy atom. The molecule has 3 aromatic rings. The summed E-state index contributed by atoms with van der Waals surface area (Å²) in [6, 6.07) is 14.1. The van der Waals surface area contributed by atoms with E-state index in [4.69, 9.17) is 9.47 Å². The van der Waals surface area contributed by atoms with Gasteiger partial charge in [-0.2, -0.15) is 0 Å². The quantitative estimate of drug-likeness (QED) is 0.444. The lowest BCUT2D eigenvalue weighted by Crippen LogP contribution is -2.09. The fourth-order valence-electron chi connectivity index (χ4n) is 2.64. The molecule has 0 aliphatic heterocycles. The van der Waals surface area contributed by atoms with Crippen LogP contribution in [0.1, 0.15) is 19.7 Å². The second-order valence-corrected chi connectivity index (χ2v) is 6.45. The van der Waals surface area contributed by atoms with Crippen molar-refractivity contribution in [2.45, 2.75) is 32.2 Å². The molecule has 0 aliphatic carbocycles. The minimum Gasteiger partial charge on any atom is -0.485 e. The van der Waals surface area contributed by atoms with E-state index < -0.39 is 0 Å². The number of fused-ring (bicyclic) bond motifs is 1. The van der Waals surface area contributed by atoms with Gasteiger partial charge in [-0.05, 0) is 25.3 Å². The van der Waals surface area contributed by atoms with Crippen LogP contribution in [0.2, 0.25) is 0 Å². The van der Waals surface area contributed by atoms with Crippen LogP contribution in [0.3, 0.4) is 0 Å². The summed E-state index contributed by atoms with van der Waals surface area (Å²) >= 11 is 1.32. The van der Waals surface area contributed by atoms with Gasteiger partial charge in [0.2, 0.25) is 0 Å². The maximum Gasteiger partial charge on any atom is 0.316 e. The van der Waals surface area contributed by atoms with Gasteiger partial charge < -0.3 is 14.0 Å². The molecule has 1 aromatic heterocycles. The van der Waals surface area contributed by atoms with Crippen LogP contribution >= 0.6 is 11.8 Å². The van der Waals surface area contributed by atoms with E-state index >= 15 is 0 Å². The molecule has 6 nitrogen and oxygen atoms in total. The Bertz CT molecular complexity index is 889. The molecule has 2 aromatic carbocycles. The van der Waals surface area contributed by atoms with Gasteiger partial charge in [0.05, 0.1) is 12.4 Å². The summed E-state index contributed by atoms with van der Waals surface area (Å²) in [7, 11) is 0. The maximum absolute atomic E-state index is 11.5. The van der Waals surface area contributed by atoms with Gasteiger partial charge in [-0.1, -0.05) is 48.2 Å². The van der Waals surface area contributed by atoms with Gasteiger partial charge in [0, 0.05) is 11.9 Å². The van der Waals surface area contributed by atoms with E-state index in [0.29, 0.717) is 24.9 Å². The number of thioether (sulfide) groups is 1. The molecule has 136 valence electrons. The van der Waals surface area contributed by atoms with Crippen LogP contribution in [0.5, 0.6) is 5.75 Å². The Kier molecular flexibility index (Phi) is 6.12. The third-order valence-electron chi connectivity index (χ3n) is 3.84. The molecule has 0 saturated carbocycles. The van der Waals surface area contributed by atoms with Crippen molar-refractivity contribution in [1.29, 1.82) is 0 Å². The Balaban J connectivity index is 1.71. The van der Waals surface area contributed by atoms with E-state index in [1.165, 1.54) is 11.8 Å². The van der Waals surface area contributed by atoms with Crippen molar-refractivity contribution in [1.82, 2.24) is 14.8 Å². The van der Waals surface area contributed by atoms with Crippen molar-refractivity contribution >= 4 is 28.5 Å². The van der Waals surface area contributed by atoms with E-state index in [0.717, 1.165) is 22.3 Å². The zero-order valence-corrected chi connectivity index (χ0v) is 15.7. The molecule has 0 radical (unpaired) electrons. The zero-order valence-electron chi connectivity index (χ0n) is 14.8. The lowest BCUT2D eigenvalue weighted by atomic mass is 10.1. The van der Waals surface area contributed by atoms with Crippen molar-refractivity contribution in [3.05, 3.63) is 48.3 Å². The SMILES string of the molecule is CCOC(=O)CSc1nnc(COc2cccc3ccccc23)n1CC. The van der Waals surface area contributed by atoms with E-state index in [2.05, 4.69) is 22.3 Å². The first kappa shape index (κ1) is 18.3. The monoisotopic (exact) mass is 371 g/mol. The smallest absolute Gasteiger partial charge is 0.316 e. The molecule has 0 fully saturated rings. The first-order valence-corrected chi connectivity index (χ1v) is 9.52. The van der Waals surface area contributed by atoms with Crippen LogP contribution in [0.25, 0.3) is 10.8 Å². The van der Waals surface area contributed by atoms with Gasteiger partial charge in [0.1, 0.15) is 12.4 Å². The summed E-state index contributed by atoms with van der Waals surface area (Å²) in [6.07, 6.45) is 0. The molecular weight excluding hydrogens is 350 g/mol. The number of rotatable bonds is 8. The molecule has 0 bridgehead atoms. The Morgan fingerprint density at radius 2 is 1.92 bits per heavy atom. The summed E-state index contributed by atoms with van der Waals surface area (Å²) in [4.78, 5) is 11.5. The molecule has 3 rings (SSSR count). The zero-order chi connectivity index (χ0) is 18.4. The molecule has 0 N–H and O–H groups in total. The molecule has 0 unspecified atom stereocenters. The lowest BCUT2D eigenvalue weighted by molar-refractivity contribution is -0.139. The Hall–Kier alpha value is -2.54. The van der Waals surface area contributed by atoms with Gasteiger partial charge in [0.15, 0.2) is 11.0 Å². The number of esters is 1. The first-order chi connectivity index (χ1) is 12.7. The van der Waals surface area contributed by atoms with Crippen molar-refractivity contribution in [2.75, 3.05) is 12.4 Å². The normalized spacial score (nSPS) is 10.8.